The second kappa shape index (κ2) is 6.12. The van der Waals surface area contributed by atoms with Gasteiger partial charge >= 0.3 is 0 Å². The fourth-order valence-corrected chi connectivity index (χ4v) is 5.15. The number of rotatable bonds is 5. The zero-order valence-corrected chi connectivity index (χ0v) is 13.8. The van der Waals surface area contributed by atoms with Crippen LogP contribution in [0.25, 0.3) is 0 Å². The lowest BCUT2D eigenvalue weighted by molar-refractivity contribution is -0.0977. The van der Waals surface area contributed by atoms with Crippen LogP contribution in [-0.2, 0) is 19.5 Å². The summed E-state index contributed by atoms with van der Waals surface area (Å²) >= 11 is 0. The highest BCUT2D eigenvalue weighted by Crippen LogP contribution is 2.37. The van der Waals surface area contributed by atoms with E-state index >= 15 is 0 Å². The molecule has 3 aliphatic rings. The molecule has 7 heteroatoms. The van der Waals surface area contributed by atoms with Gasteiger partial charge in [0, 0.05) is 25.5 Å². The lowest BCUT2D eigenvalue weighted by atomic mass is 10.1. The number of fused-ring (bicyclic) bond motifs is 1. The maximum absolute atomic E-state index is 12.9. The number of ether oxygens (including phenoxy) is 2. The lowest BCUT2D eigenvalue weighted by Gasteiger charge is -2.38. The Balaban J connectivity index is 1.51. The van der Waals surface area contributed by atoms with Gasteiger partial charge in [0.15, 0.2) is 0 Å². The summed E-state index contributed by atoms with van der Waals surface area (Å²) < 4.78 is 39.3. The standard InChI is InChI=1S/C16H22N2O4S/c19-23(20,13-2-1-7-17-10-13)18-8-9-21-16-14(18)5-6-15(16)22-11-12-3-4-12/h1-2,7,10,12,14-16H,3-6,8-9,11H2/t14-,15-,16+/m0/s1. The van der Waals surface area contributed by atoms with Crippen LogP contribution in [0.15, 0.2) is 29.4 Å². The van der Waals surface area contributed by atoms with Crippen LogP contribution < -0.4 is 0 Å². The van der Waals surface area contributed by atoms with Crippen LogP contribution in [0.2, 0.25) is 0 Å². The number of sulfonamides is 1. The van der Waals surface area contributed by atoms with Crippen molar-refractivity contribution in [1.29, 1.82) is 0 Å². The van der Waals surface area contributed by atoms with Crippen molar-refractivity contribution in [2.75, 3.05) is 19.8 Å². The van der Waals surface area contributed by atoms with Crippen molar-refractivity contribution >= 4 is 10.0 Å². The first-order valence-corrected chi connectivity index (χ1v) is 9.75. The molecule has 0 bridgehead atoms. The monoisotopic (exact) mass is 338 g/mol. The van der Waals surface area contributed by atoms with Gasteiger partial charge in [0.25, 0.3) is 0 Å². The van der Waals surface area contributed by atoms with Crippen LogP contribution in [0.5, 0.6) is 0 Å². The van der Waals surface area contributed by atoms with E-state index in [0.29, 0.717) is 19.1 Å². The smallest absolute Gasteiger partial charge is 0.245 e. The third-order valence-electron chi connectivity index (χ3n) is 4.97. The van der Waals surface area contributed by atoms with E-state index in [1.807, 2.05) is 0 Å². The van der Waals surface area contributed by atoms with Crippen molar-refractivity contribution in [2.45, 2.75) is 48.8 Å². The number of nitrogens with zero attached hydrogens (tertiary/aromatic N) is 2. The SMILES string of the molecule is O=S(=O)(c1cccnc1)N1CCO[C@H]2[C@@H](OCC3CC3)CC[C@@H]21. The second-order valence-electron chi connectivity index (χ2n) is 6.60. The number of hydrogen-bond donors (Lipinski definition) is 0. The molecule has 126 valence electrons. The molecule has 0 amide bonds. The lowest BCUT2D eigenvalue weighted by Crippen LogP contribution is -2.53. The van der Waals surface area contributed by atoms with Crippen LogP contribution >= 0.6 is 0 Å². The van der Waals surface area contributed by atoms with Gasteiger partial charge in [-0.15, -0.1) is 0 Å². The van der Waals surface area contributed by atoms with Gasteiger partial charge in [-0.3, -0.25) is 4.98 Å². The molecule has 1 aromatic heterocycles. The van der Waals surface area contributed by atoms with Crippen LogP contribution in [0.3, 0.4) is 0 Å². The maximum atomic E-state index is 12.9. The van der Waals surface area contributed by atoms with E-state index < -0.39 is 10.0 Å². The van der Waals surface area contributed by atoms with E-state index in [-0.39, 0.29) is 23.1 Å². The number of aromatic nitrogens is 1. The molecule has 6 nitrogen and oxygen atoms in total. The van der Waals surface area contributed by atoms with E-state index in [0.717, 1.165) is 19.4 Å². The summed E-state index contributed by atoms with van der Waals surface area (Å²) in [5, 5.41) is 0. The third-order valence-corrected chi connectivity index (χ3v) is 6.88. The summed E-state index contributed by atoms with van der Waals surface area (Å²) in [6, 6.07) is 3.13. The molecule has 3 atom stereocenters. The molecular weight excluding hydrogens is 316 g/mol. The first-order chi connectivity index (χ1) is 11.2. The van der Waals surface area contributed by atoms with E-state index in [1.165, 1.54) is 19.0 Å². The fraction of sp³-hybridized carbons (Fsp3) is 0.688. The molecule has 1 aliphatic heterocycles. The number of pyridine rings is 1. The molecule has 0 aromatic carbocycles. The summed E-state index contributed by atoms with van der Waals surface area (Å²) in [4.78, 5) is 4.19. The van der Waals surface area contributed by atoms with Gasteiger partial charge < -0.3 is 9.47 Å². The molecule has 2 saturated carbocycles. The van der Waals surface area contributed by atoms with Crippen molar-refractivity contribution in [2.24, 2.45) is 5.92 Å². The molecule has 0 radical (unpaired) electrons. The van der Waals surface area contributed by atoms with E-state index in [1.54, 1.807) is 22.6 Å². The highest BCUT2D eigenvalue weighted by Gasteiger charge is 2.47. The van der Waals surface area contributed by atoms with E-state index in [2.05, 4.69) is 4.98 Å². The summed E-state index contributed by atoms with van der Waals surface area (Å²) in [6.07, 6.45) is 7.03. The third kappa shape index (κ3) is 3.03. The summed E-state index contributed by atoms with van der Waals surface area (Å²) in [5.41, 5.74) is 0. The quantitative estimate of drug-likeness (QED) is 0.812. The minimum absolute atomic E-state index is 0.0208. The molecule has 1 saturated heterocycles. The molecule has 2 aliphatic carbocycles. The van der Waals surface area contributed by atoms with E-state index in [9.17, 15) is 8.42 Å². The van der Waals surface area contributed by atoms with Gasteiger partial charge in [-0.2, -0.15) is 4.31 Å². The average Bonchev–Trinajstić information content (AvgIpc) is 3.32. The highest BCUT2D eigenvalue weighted by molar-refractivity contribution is 7.89. The number of hydrogen-bond acceptors (Lipinski definition) is 5. The summed E-state index contributed by atoms with van der Waals surface area (Å²) in [5.74, 6) is 0.702. The van der Waals surface area contributed by atoms with Crippen molar-refractivity contribution in [3.63, 3.8) is 0 Å². The molecule has 2 heterocycles. The van der Waals surface area contributed by atoms with Gasteiger partial charge in [0.1, 0.15) is 11.0 Å². The van der Waals surface area contributed by atoms with Crippen LogP contribution in [0, 0.1) is 5.92 Å². The number of morpholine rings is 1. The Bertz CT molecular complexity index is 647. The molecule has 23 heavy (non-hydrogen) atoms. The Morgan fingerprint density at radius 3 is 2.91 bits per heavy atom. The van der Waals surface area contributed by atoms with Crippen LogP contribution in [0.4, 0.5) is 0 Å². The molecular formula is C16H22N2O4S. The Morgan fingerprint density at radius 2 is 2.17 bits per heavy atom. The predicted molar refractivity (Wildman–Crippen MR) is 83.4 cm³/mol. The van der Waals surface area contributed by atoms with Gasteiger partial charge in [-0.05, 0) is 43.7 Å². The maximum Gasteiger partial charge on any atom is 0.245 e. The Labute approximate surface area is 136 Å². The first kappa shape index (κ1) is 15.5. The minimum atomic E-state index is -3.52. The van der Waals surface area contributed by atoms with Crippen molar-refractivity contribution in [1.82, 2.24) is 9.29 Å². The fourth-order valence-electron chi connectivity index (χ4n) is 3.54. The molecule has 4 rings (SSSR count). The Hall–Kier alpha value is -1.02. The topological polar surface area (TPSA) is 68.7 Å². The van der Waals surface area contributed by atoms with Gasteiger partial charge in [0.05, 0.1) is 18.8 Å². The largest absolute Gasteiger partial charge is 0.375 e. The van der Waals surface area contributed by atoms with Crippen molar-refractivity contribution < 1.29 is 17.9 Å². The summed E-state index contributed by atoms with van der Waals surface area (Å²) in [6.45, 7) is 1.60. The Kier molecular flexibility index (Phi) is 4.13. The molecule has 0 spiro atoms. The molecule has 1 aromatic rings. The average molecular weight is 338 g/mol. The van der Waals surface area contributed by atoms with Crippen LogP contribution in [0.1, 0.15) is 25.7 Å². The van der Waals surface area contributed by atoms with Crippen molar-refractivity contribution in [3.05, 3.63) is 24.5 Å². The minimum Gasteiger partial charge on any atom is -0.375 e. The normalized spacial score (nSPS) is 31.9. The highest BCUT2D eigenvalue weighted by atomic mass is 32.2. The van der Waals surface area contributed by atoms with Gasteiger partial charge in [-0.1, -0.05) is 0 Å². The molecule has 0 unspecified atom stereocenters. The van der Waals surface area contributed by atoms with Crippen LogP contribution in [-0.4, -0.2) is 55.7 Å². The molecule has 0 N–H and O–H groups in total. The Morgan fingerprint density at radius 1 is 1.30 bits per heavy atom. The predicted octanol–water partition coefficient (Wildman–Crippen LogP) is 1.43. The zero-order chi connectivity index (χ0) is 15.9. The zero-order valence-electron chi connectivity index (χ0n) is 13.0. The van der Waals surface area contributed by atoms with Gasteiger partial charge in [0.2, 0.25) is 10.0 Å². The second-order valence-corrected chi connectivity index (χ2v) is 8.49. The van der Waals surface area contributed by atoms with Gasteiger partial charge in [-0.25, -0.2) is 8.42 Å². The van der Waals surface area contributed by atoms with E-state index in [4.69, 9.17) is 9.47 Å². The summed E-state index contributed by atoms with van der Waals surface area (Å²) in [7, 11) is -3.52. The molecule has 3 fully saturated rings. The van der Waals surface area contributed by atoms with Crippen molar-refractivity contribution in [3.8, 4) is 0 Å². The first-order valence-electron chi connectivity index (χ1n) is 8.31.